The van der Waals surface area contributed by atoms with Crippen LogP contribution in [0.1, 0.15) is 25.7 Å². The minimum absolute atomic E-state index is 0. The first-order valence-electron chi connectivity index (χ1n) is 8.58. The zero-order chi connectivity index (χ0) is 16.6. The summed E-state index contributed by atoms with van der Waals surface area (Å²) >= 11 is 0. The Morgan fingerprint density at radius 1 is 1.32 bits per heavy atom. The van der Waals surface area contributed by atoms with Crippen molar-refractivity contribution in [3.8, 4) is 5.75 Å². The standard InChI is InChI=1S/C18H22N2O4.H2S/c21-14-11-23-15-7-10-20(16(14)15)17(22)19-18(8-4-9-18)12-24-13-5-2-1-3-6-13;/h1-3,5-6,15-16H,4,7-12H2,(H,19,22);1H2/t15-,16-;/m1./s1. The maximum atomic E-state index is 12.7. The van der Waals surface area contributed by atoms with E-state index in [2.05, 4.69) is 5.32 Å². The Bertz CT molecular complexity index is 635. The molecular formula is C18H24N2O4S. The Hall–Kier alpha value is -1.73. The number of rotatable bonds is 4. The van der Waals surface area contributed by atoms with Crippen LogP contribution >= 0.6 is 13.5 Å². The number of ketones is 1. The highest BCUT2D eigenvalue weighted by Crippen LogP contribution is 2.34. The lowest BCUT2D eigenvalue weighted by molar-refractivity contribution is -0.120. The zero-order valence-corrected chi connectivity index (χ0v) is 15.1. The summed E-state index contributed by atoms with van der Waals surface area (Å²) in [6.07, 6.45) is 3.49. The molecule has 0 bridgehead atoms. The fourth-order valence-electron chi connectivity index (χ4n) is 3.77. The summed E-state index contributed by atoms with van der Waals surface area (Å²) in [4.78, 5) is 26.3. The fraction of sp³-hybridized carbons (Fsp3) is 0.556. The maximum Gasteiger partial charge on any atom is 0.318 e. The molecule has 2 heterocycles. The summed E-state index contributed by atoms with van der Waals surface area (Å²) in [6.45, 7) is 1.15. The van der Waals surface area contributed by atoms with Crippen LogP contribution in [0.3, 0.4) is 0 Å². The van der Waals surface area contributed by atoms with E-state index >= 15 is 0 Å². The first-order valence-corrected chi connectivity index (χ1v) is 8.58. The molecule has 0 spiro atoms. The van der Waals surface area contributed by atoms with Crippen molar-refractivity contribution in [3.05, 3.63) is 30.3 Å². The van der Waals surface area contributed by atoms with Crippen molar-refractivity contribution in [2.45, 2.75) is 43.4 Å². The molecule has 3 aliphatic rings. The molecule has 7 heteroatoms. The molecule has 2 amide bonds. The summed E-state index contributed by atoms with van der Waals surface area (Å²) in [5, 5.41) is 3.13. The first-order chi connectivity index (χ1) is 11.7. The molecule has 0 aromatic heterocycles. The first kappa shape index (κ1) is 18.1. The van der Waals surface area contributed by atoms with E-state index in [0.29, 0.717) is 13.2 Å². The summed E-state index contributed by atoms with van der Waals surface area (Å²) < 4.78 is 11.3. The molecule has 1 aromatic rings. The highest BCUT2D eigenvalue weighted by Gasteiger charge is 2.49. The van der Waals surface area contributed by atoms with E-state index < -0.39 is 6.04 Å². The van der Waals surface area contributed by atoms with E-state index in [9.17, 15) is 9.59 Å². The van der Waals surface area contributed by atoms with E-state index in [1.165, 1.54) is 0 Å². The van der Waals surface area contributed by atoms with Crippen LogP contribution in [0.15, 0.2) is 30.3 Å². The average molecular weight is 364 g/mol. The second-order valence-corrected chi connectivity index (χ2v) is 6.91. The smallest absolute Gasteiger partial charge is 0.318 e. The number of urea groups is 1. The number of para-hydroxylation sites is 1. The van der Waals surface area contributed by atoms with Gasteiger partial charge in [0.15, 0.2) is 5.78 Å². The van der Waals surface area contributed by atoms with Crippen LogP contribution in [0.5, 0.6) is 5.75 Å². The van der Waals surface area contributed by atoms with Crippen LogP contribution in [0.4, 0.5) is 4.79 Å². The van der Waals surface area contributed by atoms with Gasteiger partial charge in [0.1, 0.15) is 25.0 Å². The van der Waals surface area contributed by atoms with Crippen molar-refractivity contribution in [2.75, 3.05) is 19.8 Å². The third kappa shape index (κ3) is 3.48. The molecule has 1 N–H and O–H groups in total. The number of likely N-dealkylation sites (tertiary alicyclic amines) is 1. The number of fused-ring (bicyclic) bond motifs is 1. The highest BCUT2D eigenvalue weighted by molar-refractivity contribution is 7.59. The van der Waals surface area contributed by atoms with E-state index in [4.69, 9.17) is 9.47 Å². The Morgan fingerprint density at radius 3 is 2.76 bits per heavy atom. The number of nitrogens with zero attached hydrogens (tertiary/aromatic N) is 1. The molecule has 2 aliphatic heterocycles. The van der Waals surface area contributed by atoms with Gasteiger partial charge in [0.2, 0.25) is 0 Å². The predicted octanol–water partition coefficient (Wildman–Crippen LogP) is 1.85. The minimum atomic E-state index is -0.405. The third-order valence-corrected chi connectivity index (χ3v) is 5.31. The summed E-state index contributed by atoms with van der Waals surface area (Å²) in [5.74, 6) is 0.814. The normalized spacial score (nSPS) is 26.4. The number of ether oxygens (including phenoxy) is 2. The summed E-state index contributed by atoms with van der Waals surface area (Å²) in [6, 6.07) is 9.05. The Morgan fingerprint density at radius 2 is 2.08 bits per heavy atom. The van der Waals surface area contributed by atoms with Crippen LogP contribution in [-0.4, -0.2) is 54.2 Å². The molecule has 1 aromatic carbocycles. The number of carbonyl (C=O) groups excluding carboxylic acids is 2. The molecule has 2 saturated heterocycles. The molecule has 136 valence electrons. The molecule has 25 heavy (non-hydrogen) atoms. The lowest BCUT2D eigenvalue weighted by atomic mass is 9.77. The van der Waals surface area contributed by atoms with Gasteiger partial charge in [-0.3, -0.25) is 4.79 Å². The topological polar surface area (TPSA) is 67.9 Å². The number of benzene rings is 1. The van der Waals surface area contributed by atoms with Gasteiger partial charge in [-0.25, -0.2) is 4.79 Å². The van der Waals surface area contributed by atoms with Gasteiger partial charge in [0, 0.05) is 6.54 Å². The van der Waals surface area contributed by atoms with E-state index in [0.717, 1.165) is 31.4 Å². The van der Waals surface area contributed by atoms with Crippen molar-refractivity contribution in [1.82, 2.24) is 10.2 Å². The van der Waals surface area contributed by atoms with Crippen molar-refractivity contribution in [1.29, 1.82) is 0 Å². The number of hydrogen-bond donors (Lipinski definition) is 1. The van der Waals surface area contributed by atoms with Gasteiger partial charge in [0.25, 0.3) is 0 Å². The minimum Gasteiger partial charge on any atom is -0.491 e. The van der Waals surface area contributed by atoms with Gasteiger partial charge in [-0.2, -0.15) is 13.5 Å². The lowest BCUT2D eigenvalue weighted by Crippen LogP contribution is -2.61. The van der Waals surface area contributed by atoms with Crippen LogP contribution < -0.4 is 10.1 Å². The van der Waals surface area contributed by atoms with Crippen molar-refractivity contribution in [3.63, 3.8) is 0 Å². The molecule has 3 fully saturated rings. The van der Waals surface area contributed by atoms with Crippen molar-refractivity contribution in [2.24, 2.45) is 0 Å². The number of amides is 2. The van der Waals surface area contributed by atoms with Crippen molar-refractivity contribution < 1.29 is 19.1 Å². The van der Waals surface area contributed by atoms with Gasteiger partial charge >= 0.3 is 6.03 Å². The fourth-order valence-corrected chi connectivity index (χ4v) is 3.77. The van der Waals surface area contributed by atoms with Crippen molar-refractivity contribution >= 4 is 25.3 Å². The number of hydrogen-bond acceptors (Lipinski definition) is 4. The third-order valence-electron chi connectivity index (χ3n) is 5.31. The van der Waals surface area contributed by atoms with E-state index in [1.807, 2.05) is 30.3 Å². The van der Waals surface area contributed by atoms with Crippen LogP contribution in [0, 0.1) is 0 Å². The average Bonchev–Trinajstić information content (AvgIpc) is 3.14. The van der Waals surface area contributed by atoms with Crippen LogP contribution in [-0.2, 0) is 9.53 Å². The lowest BCUT2D eigenvalue weighted by Gasteiger charge is -2.43. The molecule has 6 nitrogen and oxygen atoms in total. The molecule has 4 rings (SSSR count). The maximum absolute atomic E-state index is 12.7. The van der Waals surface area contributed by atoms with Gasteiger partial charge in [-0.1, -0.05) is 18.2 Å². The molecule has 0 unspecified atom stereocenters. The Balaban J connectivity index is 0.00000182. The second kappa shape index (κ2) is 7.25. The summed E-state index contributed by atoms with van der Waals surface area (Å²) in [5.41, 5.74) is -0.326. The number of nitrogens with one attached hydrogen (secondary N) is 1. The number of Topliss-reactive ketones (excluding diaryl/α,β-unsaturated/α-hetero) is 1. The van der Waals surface area contributed by atoms with Gasteiger partial charge in [-0.05, 0) is 37.8 Å². The second-order valence-electron chi connectivity index (χ2n) is 6.91. The largest absolute Gasteiger partial charge is 0.491 e. The Kier molecular flexibility index (Phi) is 5.24. The van der Waals surface area contributed by atoms with Gasteiger partial charge in [-0.15, -0.1) is 0 Å². The predicted molar refractivity (Wildman–Crippen MR) is 97.3 cm³/mol. The van der Waals surface area contributed by atoms with E-state index in [-0.39, 0.29) is 43.6 Å². The number of carbonyl (C=O) groups is 2. The van der Waals surface area contributed by atoms with E-state index in [1.54, 1.807) is 4.90 Å². The van der Waals surface area contributed by atoms with Crippen LogP contribution in [0.2, 0.25) is 0 Å². The molecule has 0 radical (unpaired) electrons. The molecule has 1 aliphatic carbocycles. The summed E-state index contributed by atoms with van der Waals surface area (Å²) in [7, 11) is 0. The SMILES string of the molecule is O=C1CO[C@@H]2CCN(C(=O)NC3(COc4ccccc4)CCC3)[C@H]12.S. The zero-order valence-electron chi connectivity index (χ0n) is 14.1. The molecule has 1 saturated carbocycles. The van der Waals surface area contributed by atoms with Crippen LogP contribution in [0.25, 0.3) is 0 Å². The highest BCUT2D eigenvalue weighted by atomic mass is 32.1. The van der Waals surface area contributed by atoms with Gasteiger partial charge < -0.3 is 19.7 Å². The Labute approximate surface area is 154 Å². The molecular weight excluding hydrogens is 340 g/mol. The quantitative estimate of drug-likeness (QED) is 0.885. The molecule has 2 atom stereocenters. The monoisotopic (exact) mass is 364 g/mol. The van der Waals surface area contributed by atoms with Gasteiger partial charge in [0.05, 0.1) is 11.6 Å².